The number of carbonyl (C=O) groups is 2. The number of rotatable bonds is 6. The van der Waals surface area contributed by atoms with Crippen molar-refractivity contribution in [1.29, 1.82) is 5.41 Å². The lowest BCUT2D eigenvalue weighted by Gasteiger charge is -2.39. The molecule has 2 atom stereocenters. The molecule has 3 aromatic rings. The first-order valence-electron chi connectivity index (χ1n) is 12.3. The lowest BCUT2D eigenvalue weighted by atomic mass is 10.0. The van der Waals surface area contributed by atoms with Crippen molar-refractivity contribution in [3.63, 3.8) is 0 Å². The van der Waals surface area contributed by atoms with Crippen LogP contribution in [0, 0.1) is 5.41 Å². The second-order valence-corrected chi connectivity index (χ2v) is 12.8. The molecule has 2 unspecified atom stereocenters. The summed E-state index contributed by atoms with van der Waals surface area (Å²) in [5.41, 5.74) is 2.14. The highest BCUT2D eigenvalue weighted by atomic mass is 35.5. The molecule has 11 nitrogen and oxygen atoms in total. The van der Waals surface area contributed by atoms with E-state index in [1.165, 1.54) is 33.7 Å². The van der Waals surface area contributed by atoms with E-state index in [-0.39, 0.29) is 35.7 Å². The van der Waals surface area contributed by atoms with Gasteiger partial charge in [-0.2, -0.15) is 4.31 Å². The molecule has 39 heavy (non-hydrogen) atoms. The van der Waals surface area contributed by atoms with Crippen LogP contribution >= 0.6 is 22.9 Å². The van der Waals surface area contributed by atoms with Gasteiger partial charge in [0.15, 0.2) is 5.01 Å². The van der Waals surface area contributed by atoms with Crippen LogP contribution in [-0.4, -0.2) is 90.4 Å². The molecule has 4 N–H and O–H groups in total. The number of nitrogens with zero attached hydrogens (tertiary/aromatic N) is 3. The van der Waals surface area contributed by atoms with Gasteiger partial charge >= 0.3 is 0 Å². The minimum atomic E-state index is -3.97. The van der Waals surface area contributed by atoms with Gasteiger partial charge in [-0.1, -0.05) is 17.7 Å². The topological polar surface area (TPSA) is 151 Å². The monoisotopic (exact) mass is 589 g/mol. The van der Waals surface area contributed by atoms with E-state index in [2.05, 4.69) is 20.6 Å². The SMILES string of the molecule is CNC(=O)C1CN(S(=O)(=O)c2cc3cc(Cl)ccc3[nH]2)CCN1C(=O)c1ncc(C2=CC(C(C)=N)NCC2)s1. The van der Waals surface area contributed by atoms with Crippen LogP contribution in [0.5, 0.6) is 0 Å². The van der Waals surface area contributed by atoms with Crippen LogP contribution in [0.1, 0.15) is 28.0 Å². The van der Waals surface area contributed by atoms with Gasteiger partial charge in [0.2, 0.25) is 5.91 Å². The summed E-state index contributed by atoms with van der Waals surface area (Å²) >= 11 is 7.28. The summed E-state index contributed by atoms with van der Waals surface area (Å²) in [6.45, 7) is 2.31. The Morgan fingerprint density at radius 2 is 2.05 bits per heavy atom. The number of halogens is 1. The van der Waals surface area contributed by atoms with Gasteiger partial charge in [-0.15, -0.1) is 11.3 Å². The highest BCUT2D eigenvalue weighted by Gasteiger charge is 2.41. The molecule has 206 valence electrons. The van der Waals surface area contributed by atoms with Crippen LogP contribution in [0.25, 0.3) is 16.5 Å². The van der Waals surface area contributed by atoms with Gasteiger partial charge in [0.05, 0.1) is 10.9 Å². The molecule has 0 saturated carbocycles. The van der Waals surface area contributed by atoms with Crippen molar-refractivity contribution in [2.75, 3.05) is 33.2 Å². The minimum Gasteiger partial charge on any atom is -0.357 e. The van der Waals surface area contributed by atoms with Gasteiger partial charge in [-0.25, -0.2) is 13.4 Å². The first-order chi connectivity index (χ1) is 18.6. The highest BCUT2D eigenvalue weighted by Crippen LogP contribution is 2.30. The van der Waals surface area contributed by atoms with E-state index >= 15 is 0 Å². The van der Waals surface area contributed by atoms with Gasteiger partial charge in [-0.05, 0) is 43.2 Å². The molecule has 1 saturated heterocycles. The van der Waals surface area contributed by atoms with Crippen LogP contribution in [-0.2, 0) is 14.8 Å². The summed E-state index contributed by atoms with van der Waals surface area (Å²) in [5.74, 6) is -0.889. The Bertz CT molecular complexity index is 1600. The van der Waals surface area contributed by atoms with Crippen LogP contribution in [0.15, 0.2) is 41.6 Å². The molecular formula is C25H28ClN7O4S2. The molecule has 2 amide bonds. The number of sulfonamides is 1. The summed E-state index contributed by atoms with van der Waals surface area (Å²) < 4.78 is 28.2. The quantitative estimate of drug-likeness (QED) is 0.324. The van der Waals surface area contributed by atoms with E-state index < -0.39 is 27.9 Å². The molecular weight excluding hydrogens is 562 g/mol. The number of H-pyrrole nitrogens is 1. The molecule has 14 heteroatoms. The Balaban J connectivity index is 1.37. The second kappa shape index (κ2) is 10.8. The first kappa shape index (κ1) is 27.5. The van der Waals surface area contributed by atoms with E-state index in [1.807, 2.05) is 6.08 Å². The maximum Gasteiger partial charge on any atom is 0.283 e. The molecule has 0 spiro atoms. The van der Waals surface area contributed by atoms with E-state index in [9.17, 15) is 18.0 Å². The molecule has 4 heterocycles. The Hall–Kier alpha value is -3.10. The first-order valence-corrected chi connectivity index (χ1v) is 15.0. The zero-order valence-corrected chi connectivity index (χ0v) is 23.7. The van der Waals surface area contributed by atoms with E-state index in [0.717, 1.165) is 16.9 Å². The molecule has 0 radical (unpaired) electrons. The van der Waals surface area contributed by atoms with E-state index in [1.54, 1.807) is 31.3 Å². The lowest BCUT2D eigenvalue weighted by molar-refractivity contribution is -0.126. The molecule has 0 bridgehead atoms. The summed E-state index contributed by atoms with van der Waals surface area (Å²) in [6, 6.07) is 5.37. The van der Waals surface area contributed by atoms with Gasteiger partial charge in [0, 0.05) is 61.1 Å². The fraction of sp³-hybridized carbons (Fsp3) is 0.360. The van der Waals surface area contributed by atoms with Crippen LogP contribution < -0.4 is 10.6 Å². The van der Waals surface area contributed by atoms with Crippen molar-refractivity contribution in [2.24, 2.45) is 0 Å². The molecule has 2 aliphatic rings. The van der Waals surface area contributed by atoms with Crippen LogP contribution in [0.4, 0.5) is 0 Å². The zero-order valence-electron chi connectivity index (χ0n) is 21.3. The summed E-state index contributed by atoms with van der Waals surface area (Å²) in [5, 5.41) is 15.1. The molecule has 2 aliphatic heterocycles. The van der Waals surface area contributed by atoms with E-state index in [0.29, 0.717) is 28.2 Å². The standard InChI is InChI=1S/C25H28ClN7O4S2/c1-14(27)19-10-15(5-6-29-19)21-12-30-24(38-21)25(35)33-8-7-32(13-20(33)23(34)28-2)39(36,37)22-11-16-9-17(26)3-4-18(16)31-22/h3-4,9-12,19-20,27,29,31H,5-8,13H2,1-2H3,(H,28,34). The molecule has 1 aromatic carbocycles. The van der Waals surface area contributed by atoms with Gasteiger partial charge in [0.1, 0.15) is 11.1 Å². The number of amides is 2. The molecule has 1 fully saturated rings. The Labute approximate surface area is 234 Å². The predicted molar refractivity (Wildman–Crippen MR) is 151 cm³/mol. The number of aromatic amines is 1. The summed E-state index contributed by atoms with van der Waals surface area (Å²) in [6.07, 6.45) is 4.36. The molecule has 5 rings (SSSR count). The molecule has 2 aromatic heterocycles. The minimum absolute atomic E-state index is 0.00604. The van der Waals surface area contributed by atoms with Gasteiger partial charge < -0.3 is 25.9 Å². The number of fused-ring (bicyclic) bond motifs is 1. The number of hydrogen-bond donors (Lipinski definition) is 4. The normalized spacial score (nSPS) is 20.6. The van der Waals surface area contributed by atoms with Crippen molar-refractivity contribution in [2.45, 2.75) is 30.5 Å². The number of piperazine rings is 1. The number of benzene rings is 1. The lowest BCUT2D eigenvalue weighted by Crippen LogP contribution is -2.61. The Morgan fingerprint density at radius 1 is 1.26 bits per heavy atom. The Kier molecular flexibility index (Phi) is 7.62. The number of nitrogens with one attached hydrogen (secondary N) is 4. The van der Waals surface area contributed by atoms with Crippen molar-refractivity contribution < 1.29 is 18.0 Å². The maximum absolute atomic E-state index is 13.5. The smallest absolute Gasteiger partial charge is 0.283 e. The second-order valence-electron chi connectivity index (χ2n) is 9.44. The third-order valence-corrected chi connectivity index (χ3v) is 10.0. The van der Waals surface area contributed by atoms with Crippen LogP contribution in [0.3, 0.4) is 0 Å². The Morgan fingerprint density at radius 3 is 2.79 bits per heavy atom. The van der Waals surface area contributed by atoms with Crippen molar-refractivity contribution in [1.82, 2.24) is 29.8 Å². The summed E-state index contributed by atoms with van der Waals surface area (Å²) in [4.78, 5) is 35.8. The van der Waals surface area contributed by atoms with Gasteiger partial charge in [-0.3, -0.25) is 9.59 Å². The van der Waals surface area contributed by atoms with Crippen LogP contribution in [0.2, 0.25) is 5.02 Å². The predicted octanol–water partition coefficient (Wildman–Crippen LogP) is 2.32. The van der Waals surface area contributed by atoms with E-state index in [4.69, 9.17) is 17.0 Å². The largest absolute Gasteiger partial charge is 0.357 e. The number of hydrogen-bond acceptors (Lipinski definition) is 8. The number of aromatic nitrogens is 2. The fourth-order valence-corrected chi connectivity index (χ4v) is 7.36. The fourth-order valence-electron chi connectivity index (χ4n) is 4.80. The third-order valence-electron chi connectivity index (χ3n) is 6.93. The number of likely N-dealkylation sites (N-methyl/N-ethyl adjacent to an activating group) is 1. The van der Waals surface area contributed by atoms with Gasteiger partial charge in [0.25, 0.3) is 15.9 Å². The third kappa shape index (κ3) is 5.37. The average Bonchev–Trinajstić information content (AvgIpc) is 3.60. The van der Waals surface area contributed by atoms with Crippen molar-refractivity contribution in [3.05, 3.63) is 51.4 Å². The summed E-state index contributed by atoms with van der Waals surface area (Å²) in [7, 11) is -2.52. The number of carbonyl (C=O) groups excluding carboxylic acids is 2. The zero-order chi connectivity index (χ0) is 27.9. The van der Waals surface area contributed by atoms with Crippen molar-refractivity contribution in [3.8, 4) is 0 Å². The molecule has 0 aliphatic carbocycles. The average molecular weight is 590 g/mol. The number of thiazole rings is 1. The maximum atomic E-state index is 13.5. The highest BCUT2D eigenvalue weighted by molar-refractivity contribution is 7.89. The van der Waals surface area contributed by atoms with Crippen molar-refractivity contribution >= 4 is 67.0 Å².